The number of hydrogen-bond donors (Lipinski definition) is 2. The first kappa shape index (κ1) is 16.7. The van der Waals surface area contributed by atoms with Gasteiger partial charge in [-0.2, -0.15) is 0 Å². The van der Waals surface area contributed by atoms with Crippen molar-refractivity contribution in [2.75, 3.05) is 5.73 Å². The summed E-state index contributed by atoms with van der Waals surface area (Å²) >= 11 is 0. The third kappa shape index (κ3) is 4.18. The van der Waals surface area contributed by atoms with E-state index in [0.29, 0.717) is 0 Å². The van der Waals surface area contributed by atoms with Crippen molar-refractivity contribution in [3.05, 3.63) is 33.9 Å². The number of nitrogens with two attached hydrogens (primary N) is 1. The van der Waals surface area contributed by atoms with Gasteiger partial charge in [0.15, 0.2) is 6.10 Å². The zero-order chi connectivity index (χ0) is 17.0. The fraction of sp³-hybridized carbons (Fsp3) is 0.467. The minimum absolute atomic E-state index is 0.00360. The van der Waals surface area contributed by atoms with Gasteiger partial charge in [0.25, 0.3) is 11.6 Å². The van der Waals surface area contributed by atoms with Crippen LogP contribution >= 0.6 is 0 Å². The Hall–Kier alpha value is -2.64. The number of nitrogens with one attached hydrogen (secondary N) is 1. The fourth-order valence-corrected chi connectivity index (χ4v) is 2.52. The van der Waals surface area contributed by atoms with Crippen molar-refractivity contribution in [1.29, 1.82) is 0 Å². The number of nitro groups is 1. The first-order chi connectivity index (χ1) is 10.9. The number of nitrogen functional groups attached to an aromatic ring is 1. The molecule has 1 atom stereocenters. The Bertz CT molecular complexity index is 626. The molecule has 1 aromatic carbocycles. The number of ether oxygens (including phenoxy) is 1. The minimum Gasteiger partial charge on any atom is -0.449 e. The third-order valence-electron chi connectivity index (χ3n) is 3.82. The lowest BCUT2D eigenvalue weighted by molar-refractivity contribution is -0.384. The Morgan fingerprint density at radius 2 is 2.04 bits per heavy atom. The molecule has 3 N–H and O–H groups in total. The summed E-state index contributed by atoms with van der Waals surface area (Å²) in [6, 6.07) is 3.60. The van der Waals surface area contributed by atoms with Crippen molar-refractivity contribution in [1.82, 2.24) is 5.32 Å². The Balaban J connectivity index is 1.97. The smallest absolute Gasteiger partial charge is 0.341 e. The molecule has 23 heavy (non-hydrogen) atoms. The molecule has 0 unspecified atom stereocenters. The number of hydrogen-bond acceptors (Lipinski definition) is 6. The molecule has 0 aliphatic heterocycles. The molecule has 1 aromatic rings. The summed E-state index contributed by atoms with van der Waals surface area (Å²) in [5.74, 6) is -1.14. The molecule has 0 saturated heterocycles. The molecular weight excluding hydrogens is 302 g/mol. The summed E-state index contributed by atoms with van der Waals surface area (Å²) in [5.41, 5.74) is 5.36. The Morgan fingerprint density at radius 3 is 2.61 bits per heavy atom. The van der Waals surface area contributed by atoms with Crippen LogP contribution in [0.3, 0.4) is 0 Å². The fourth-order valence-electron chi connectivity index (χ4n) is 2.52. The first-order valence-electron chi connectivity index (χ1n) is 7.43. The van der Waals surface area contributed by atoms with Crippen LogP contribution < -0.4 is 11.1 Å². The van der Waals surface area contributed by atoms with E-state index in [0.717, 1.165) is 37.8 Å². The number of rotatable bonds is 5. The number of nitro benzene ring substituents is 1. The summed E-state index contributed by atoms with van der Waals surface area (Å²) in [6.45, 7) is 1.48. The number of benzene rings is 1. The maximum Gasteiger partial charge on any atom is 0.341 e. The maximum absolute atomic E-state index is 12.0. The topological polar surface area (TPSA) is 125 Å². The van der Waals surface area contributed by atoms with Crippen molar-refractivity contribution in [2.45, 2.75) is 44.8 Å². The van der Waals surface area contributed by atoms with E-state index in [1.807, 2.05) is 0 Å². The molecule has 2 rings (SSSR count). The molecule has 1 amide bonds. The van der Waals surface area contributed by atoms with Crippen LogP contribution in [0.1, 0.15) is 43.0 Å². The predicted octanol–water partition coefficient (Wildman–Crippen LogP) is 1.78. The second-order valence-electron chi connectivity index (χ2n) is 5.57. The highest BCUT2D eigenvalue weighted by Gasteiger charge is 2.24. The molecule has 1 aliphatic rings. The van der Waals surface area contributed by atoms with E-state index in [-0.39, 0.29) is 28.9 Å². The first-order valence-corrected chi connectivity index (χ1v) is 7.43. The molecule has 1 aliphatic carbocycles. The standard InChI is InChI=1S/C15H19N3O5/c1-9(14(19)17-10-4-2-3-5-10)23-15(20)12-7-6-11(18(21)22)8-13(12)16/h6-10H,2-5,16H2,1H3,(H,17,19)/t9-/m0/s1. The van der Waals surface area contributed by atoms with E-state index in [9.17, 15) is 19.7 Å². The molecule has 0 spiro atoms. The number of nitrogens with zero attached hydrogens (tertiary/aromatic N) is 1. The van der Waals surface area contributed by atoms with Crippen LogP contribution in [0.4, 0.5) is 11.4 Å². The molecule has 8 heteroatoms. The highest BCUT2D eigenvalue weighted by Crippen LogP contribution is 2.21. The number of esters is 1. The summed E-state index contributed by atoms with van der Waals surface area (Å²) in [5, 5.41) is 13.5. The molecule has 0 aromatic heterocycles. The van der Waals surface area contributed by atoms with Gasteiger partial charge in [0.05, 0.1) is 16.2 Å². The monoisotopic (exact) mass is 321 g/mol. The highest BCUT2D eigenvalue weighted by atomic mass is 16.6. The van der Waals surface area contributed by atoms with E-state index < -0.39 is 17.0 Å². The van der Waals surface area contributed by atoms with Crippen LogP contribution in [0.25, 0.3) is 0 Å². The number of carbonyl (C=O) groups is 2. The molecular formula is C15H19N3O5. The zero-order valence-electron chi connectivity index (χ0n) is 12.8. The Morgan fingerprint density at radius 1 is 1.39 bits per heavy atom. The predicted molar refractivity (Wildman–Crippen MR) is 82.8 cm³/mol. The highest BCUT2D eigenvalue weighted by molar-refractivity contribution is 5.97. The molecule has 124 valence electrons. The largest absolute Gasteiger partial charge is 0.449 e. The van der Waals surface area contributed by atoms with Gasteiger partial charge in [-0.1, -0.05) is 12.8 Å². The van der Waals surface area contributed by atoms with E-state index in [1.165, 1.54) is 13.0 Å². The van der Waals surface area contributed by atoms with Crippen LogP contribution in [-0.4, -0.2) is 28.9 Å². The SMILES string of the molecule is C[C@H](OC(=O)c1ccc([N+](=O)[O-])cc1N)C(=O)NC1CCCC1. The lowest BCUT2D eigenvalue weighted by Crippen LogP contribution is -2.40. The van der Waals surface area contributed by atoms with Crippen LogP contribution in [0, 0.1) is 10.1 Å². The van der Waals surface area contributed by atoms with Crippen LogP contribution in [0.15, 0.2) is 18.2 Å². The van der Waals surface area contributed by atoms with Crippen LogP contribution in [0.5, 0.6) is 0 Å². The van der Waals surface area contributed by atoms with Gasteiger partial charge in [0.1, 0.15) is 0 Å². The Kier molecular flexibility index (Phi) is 5.15. The number of amides is 1. The summed E-state index contributed by atoms with van der Waals surface area (Å²) in [7, 11) is 0. The van der Waals surface area contributed by atoms with Gasteiger partial charge in [0.2, 0.25) is 0 Å². The summed E-state index contributed by atoms with van der Waals surface area (Å²) in [4.78, 5) is 34.1. The number of non-ortho nitro benzene ring substituents is 1. The van der Waals surface area contributed by atoms with E-state index >= 15 is 0 Å². The number of anilines is 1. The molecule has 8 nitrogen and oxygen atoms in total. The number of carbonyl (C=O) groups excluding carboxylic acids is 2. The van der Waals surface area contributed by atoms with Crippen LogP contribution in [-0.2, 0) is 9.53 Å². The molecule has 0 radical (unpaired) electrons. The van der Waals surface area contributed by atoms with Crippen molar-refractivity contribution >= 4 is 23.3 Å². The summed E-state index contributed by atoms with van der Waals surface area (Å²) < 4.78 is 5.09. The Labute approximate surface area is 133 Å². The lowest BCUT2D eigenvalue weighted by Gasteiger charge is -2.17. The second-order valence-corrected chi connectivity index (χ2v) is 5.57. The van der Waals surface area contributed by atoms with Crippen molar-refractivity contribution in [3.8, 4) is 0 Å². The van der Waals surface area contributed by atoms with Gasteiger partial charge in [-0.3, -0.25) is 14.9 Å². The maximum atomic E-state index is 12.0. The molecule has 1 fully saturated rings. The summed E-state index contributed by atoms with van der Waals surface area (Å²) in [6.07, 6.45) is 3.07. The van der Waals surface area contributed by atoms with Gasteiger partial charge in [-0.15, -0.1) is 0 Å². The van der Waals surface area contributed by atoms with Crippen LogP contribution in [0.2, 0.25) is 0 Å². The van der Waals surface area contributed by atoms with Gasteiger partial charge in [-0.25, -0.2) is 4.79 Å². The van der Waals surface area contributed by atoms with E-state index in [2.05, 4.69) is 5.32 Å². The molecule has 0 heterocycles. The minimum atomic E-state index is -0.960. The van der Waals surface area contributed by atoms with Crippen molar-refractivity contribution < 1.29 is 19.2 Å². The van der Waals surface area contributed by atoms with E-state index in [1.54, 1.807) is 0 Å². The average molecular weight is 321 g/mol. The van der Waals surface area contributed by atoms with Gasteiger partial charge in [-0.05, 0) is 25.8 Å². The van der Waals surface area contributed by atoms with Gasteiger partial charge in [0, 0.05) is 18.2 Å². The molecule has 1 saturated carbocycles. The quantitative estimate of drug-likeness (QED) is 0.368. The zero-order valence-corrected chi connectivity index (χ0v) is 12.8. The van der Waals surface area contributed by atoms with Gasteiger partial charge >= 0.3 is 5.97 Å². The third-order valence-corrected chi connectivity index (χ3v) is 3.82. The molecule has 0 bridgehead atoms. The average Bonchev–Trinajstić information content (AvgIpc) is 2.99. The van der Waals surface area contributed by atoms with Gasteiger partial charge < -0.3 is 15.8 Å². The second kappa shape index (κ2) is 7.08. The van der Waals surface area contributed by atoms with Crippen molar-refractivity contribution in [2.24, 2.45) is 0 Å². The lowest BCUT2D eigenvalue weighted by atomic mass is 10.1. The normalized spacial score (nSPS) is 15.9. The van der Waals surface area contributed by atoms with E-state index in [4.69, 9.17) is 10.5 Å². The van der Waals surface area contributed by atoms with Crippen molar-refractivity contribution in [3.63, 3.8) is 0 Å².